The maximum atomic E-state index is 14.8. The molecule has 1 aliphatic rings. The zero-order valence-corrected chi connectivity index (χ0v) is 44.1. The third-order valence-electron chi connectivity index (χ3n) is 13.0. The molecule has 0 unspecified atom stereocenters. The van der Waals surface area contributed by atoms with Crippen molar-refractivity contribution in [2.75, 3.05) is 18.1 Å². The van der Waals surface area contributed by atoms with Gasteiger partial charge in [0.2, 0.25) is 41.4 Å². The van der Waals surface area contributed by atoms with E-state index in [1.165, 1.54) is 31.2 Å². The Morgan fingerprint density at radius 3 is 1.88 bits per heavy atom. The summed E-state index contributed by atoms with van der Waals surface area (Å²) in [6, 6.07) is 8.45. The standard InChI is InChI=1S/C52H67N11O12S2/c1-27(64)43-51(73)61-42(50(72)63-44(28(2)65)52(74)75)26-77-76-25-41(60-45(67)35(54)21-30-23-55-36-12-7-5-10-33(30)36)49(71)58-39(20-29-15-17-32(66)18-16-29)47(69)59-40(22-31-24-56-37-13-8-6-11-34(31)37)48(70)57-38(46(68)62-43)14-4-3-9-19-53/h5-8,10-13,15-18,23-24,27-28,35,38-44,55-56,64-66H,3-4,9,14,19-22,25-26,53-54H2,1-2H3,(H,57,70)(H,58,71)(H,59,69)(H,60,67)(H,61,73)(H,62,68)(H,63,72)(H,74,75)/t27-,28-,35-,38+,39+,40-,41+,42+,43+,44+/m1/s1. The maximum Gasteiger partial charge on any atom is 0.328 e. The number of carboxylic acid groups (broad SMARTS) is 1. The number of hydrogen-bond acceptors (Lipinski definition) is 15. The van der Waals surface area contributed by atoms with E-state index in [0.29, 0.717) is 36.9 Å². The highest BCUT2D eigenvalue weighted by Gasteiger charge is 2.37. The lowest BCUT2D eigenvalue weighted by atomic mass is 10.0. The third kappa shape index (κ3) is 16.7. The molecule has 414 valence electrons. The number of aliphatic carboxylic acids is 1. The Labute approximate surface area is 451 Å². The quantitative estimate of drug-likeness (QED) is 0.0401. The lowest BCUT2D eigenvalue weighted by Crippen LogP contribution is -2.62. The summed E-state index contributed by atoms with van der Waals surface area (Å²) >= 11 is 0. The van der Waals surface area contributed by atoms with Gasteiger partial charge in [-0.1, -0.05) is 83.0 Å². The van der Waals surface area contributed by atoms with E-state index in [2.05, 4.69) is 47.2 Å². The summed E-state index contributed by atoms with van der Waals surface area (Å²) in [5, 5.41) is 60.8. The molecule has 1 fully saturated rings. The molecule has 1 aliphatic heterocycles. The van der Waals surface area contributed by atoms with Crippen molar-refractivity contribution in [2.24, 2.45) is 11.5 Å². The van der Waals surface area contributed by atoms with Crippen molar-refractivity contribution in [3.63, 3.8) is 0 Å². The summed E-state index contributed by atoms with van der Waals surface area (Å²) < 4.78 is 0. The van der Waals surface area contributed by atoms with Crippen molar-refractivity contribution in [3.05, 3.63) is 102 Å². The maximum absolute atomic E-state index is 14.8. The second-order valence-electron chi connectivity index (χ2n) is 18.9. The average Bonchev–Trinajstić information content (AvgIpc) is 4.01. The van der Waals surface area contributed by atoms with Crippen molar-refractivity contribution in [1.29, 1.82) is 0 Å². The van der Waals surface area contributed by atoms with Crippen LogP contribution in [0.25, 0.3) is 21.8 Å². The van der Waals surface area contributed by atoms with Crippen molar-refractivity contribution in [2.45, 2.75) is 119 Å². The highest BCUT2D eigenvalue weighted by molar-refractivity contribution is 8.76. The number of hydrogen-bond donors (Lipinski definition) is 15. The number of nitrogens with two attached hydrogens (primary N) is 2. The summed E-state index contributed by atoms with van der Waals surface area (Å²) in [4.78, 5) is 119. The number of aromatic amines is 2. The molecule has 10 atom stereocenters. The molecule has 5 aromatic rings. The molecule has 77 heavy (non-hydrogen) atoms. The Hall–Kier alpha value is -7.16. The van der Waals surface area contributed by atoms with E-state index in [9.17, 15) is 58.8 Å². The van der Waals surface area contributed by atoms with E-state index >= 15 is 0 Å². The molecule has 0 saturated carbocycles. The van der Waals surface area contributed by atoms with Crippen LogP contribution in [0.2, 0.25) is 0 Å². The molecule has 0 aliphatic carbocycles. The second-order valence-corrected chi connectivity index (χ2v) is 21.5. The van der Waals surface area contributed by atoms with Crippen LogP contribution in [0.3, 0.4) is 0 Å². The Balaban J connectivity index is 1.40. The van der Waals surface area contributed by atoms with Gasteiger partial charge in [-0.05, 0) is 80.6 Å². The molecule has 0 spiro atoms. The number of aromatic hydroxyl groups is 1. The zero-order valence-electron chi connectivity index (χ0n) is 42.5. The van der Waals surface area contributed by atoms with Crippen LogP contribution in [0.1, 0.15) is 56.2 Å². The number of para-hydroxylation sites is 2. The molecule has 25 heteroatoms. The molecular weight excluding hydrogens is 1030 g/mol. The first kappa shape index (κ1) is 59.1. The van der Waals surface area contributed by atoms with Gasteiger partial charge in [0.1, 0.15) is 42.0 Å². The molecular formula is C52H67N11O12S2. The van der Waals surface area contributed by atoms with Gasteiger partial charge in [-0.15, -0.1) is 0 Å². The van der Waals surface area contributed by atoms with E-state index < -0.39 is 108 Å². The molecule has 23 nitrogen and oxygen atoms in total. The van der Waals surface area contributed by atoms with Gasteiger partial charge in [0.25, 0.3) is 0 Å². The number of fused-ring (bicyclic) bond motifs is 2. The number of unbranched alkanes of at least 4 members (excludes halogenated alkanes) is 2. The van der Waals surface area contributed by atoms with Gasteiger partial charge in [-0.2, -0.15) is 0 Å². The molecule has 3 heterocycles. The number of H-pyrrole nitrogens is 2. The number of phenols is 1. The monoisotopic (exact) mass is 1100 g/mol. The van der Waals surface area contributed by atoms with Crippen LogP contribution in [-0.2, 0) is 57.6 Å². The van der Waals surface area contributed by atoms with Crippen molar-refractivity contribution < 1.29 is 58.8 Å². The van der Waals surface area contributed by atoms with Crippen LogP contribution in [0, 0.1) is 0 Å². The molecule has 6 rings (SSSR count). The summed E-state index contributed by atoms with van der Waals surface area (Å²) in [6.07, 6.45) is 1.42. The SMILES string of the molecule is C[C@@H](O)[C@H](NC(=O)[C@@H]1CSSC[C@H](NC(=O)[C@H](N)Cc2c[nH]c3ccccc23)C(=O)N[C@@H](Cc2ccc(O)cc2)C(=O)N[C@H](Cc2c[nH]c3ccccc23)C(=O)N[C@@H](CCCCCN)C(=O)N[C@@H]([C@@H](C)O)C(=O)N1)C(=O)O. The predicted molar refractivity (Wildman–Crippen MR) is 291 cm³/mol. The minimum absolute atomic E-state index is 0.00632. The number of nitrogens with one attached hydrogen (secondary N) is 9. The highest BCUT2D eigenvalue weighted by Crippen LogP contribution is 2.25. The molecule has 17 N–H and O–H groups in total. The van der Waals surface area contributed by atoms with Crippen molar-refractivity contribution >= 4 is 90.7 Å². The number of phenolic OH excluding ortho intramolecular Hbond substituents is 1. The Morgan fingerprint density at radius 1 is 0.688 bits per heavy atom. The number of rotatable bonds is 18. The van der Waals surface area contributed by atoms with Crippen LogP contribution in [0.4, 0.5) is 0 Å². The van der Waals surface area contributed by atoms with Crippen LogP contribution < -0.4 is 48.7 Å². The van der Waals surface area contributed by atoms with Gasteiger partial charge < -0.3 is 79.1 Å². The molecule has 7 amide bonds. The molecule has 1 saturated heterocycles. The number of aliphatic hydroxyl groups is 2. The first-order valence-electron chi connectivity index (χ1n) is 25.1. The average molecular weight is 1100 g/mol. The largest absolute Gasteiger partial charge is 0.508 e. The second kappa shape index (κ2) is 28.3. The van der Waals surface area contributed by atoms with Gasteiger partial charge in [0, 0.05) is 58.5 Å². The Kier molecular flexibility index (Phi) is 21.7. The lowest BCUT2D eigenvalue weighted by molar-refractivity contribution is -0.145. The van der Waals surface area contributed by atoms with Crippen molar-refractivity contribution in [3.8, 4) is 5.75 Å². The fraction of sp³-hybridized carbons (Fsp3) is 0.423. The number of aromatic nitrogens is 2. The van der Waals surface area contributed by atoms with Crippen molar-refractivity contribution in [1.82, 2.24) is 47.2 Å². The first-order valence-corrected chi connectivity index (χ1v) is 27.6. The smallest absolute Gasteiger partial charge is 0.328 e. The fourth-order valence-electron chi connectivity index (χ4n) is 8.63. The summed E-state index contributed by atoms with van der Waals surface area (Å²) in [6.45, 7) is 2.69. The zero-order chi connectivity index (χ0) is 55.8. The van der Waals surface area contributed by atoms with E-state index in [-0.39, 0.29) is 42.9 Å². The Bertz CT molecular complexity index is 2860. The molecule has 2 aromatic heterocycles. The predicted octanol–water partition coefficient (Wildman–Crippen LogP) is -0.136. The van der Waals surface area contributed by atoms with E-state index in [1.807, 2.05) is 42.5 Å². The van der Waals surface area contributed by atoms with Crippen LogP contribution >= 0.6 is 21.6 Å². The lowest BCUT2D eigenvalue weighted by Gasteiger charge is -2.29. The summed E-state index contributed by atoms with van der Waals surface area (Å²) in [7, 11) is 1.86. The molecule has 0 bridgehead atoms. The number of carboxylic acids is 1. The van der Waals surface area contributed by atoms with Gasteiger partial charge in [-0.3, -0.25) is 33.6 Å². The van der Waals surface area contributed by atoms with E-state index in [4.69, 9.17) is 11.5 Å². The normalized spacial score (nSPS) is 22.0. The number of amides is 7. The topological polar surface area (TPSA) is 385 Å². The fourth-order valence-corrected chi connectivity index (χ4v) is 11.0. The van der Waals surface area contributed by atoms with Crippen LogP contribution in [0.15, 0.2) is 85.2 Å². The van der Waals surface area contributed by atoms with Crippen LogP contribution in [-0.4, -0.2) is 156 Å². The minimum atomic E-state index is -1.82. The minimum Gasteiger partial charge on any atom is -0.508 e. The van der Waals surface area contributed by atoms with Crippen LogP contribution in [0.5, 0.6) is 5.75 Å². The molecule has 0 radical (unpaired) electrons. The van der Waals surface area contributed by atoms with E-state index in [1.54, 1.807) is 18.5 Å². The Morgan fingerprint density at radius 2 is 1.26 bits per heavy atom. The molecule has 3 aromatic carbocycles. The third-order valence-corrected chi connectivity index (χ3v) is 15.4. The van der Waals surface area contributed by atoms with Gasteiger partial charge >= 0.3 is 5.97 Å². The first-order chi connectivity index (χ1) is 36.8. The number of carbonyl (C=O) groups excluding carboxylic acids is 7. The van der Waals surface area contributed by atoms with E-state index in [0.717, 1.165) is 55.9 Å². The van der Waals surface area contributed by atoms with Gasteiger partial charge in [0.15, 0.2) is 6.04 Å². The highest BCUT2D eigenvalue weighted by atomic mass is 33.1. The van der Waals surface area contributed by atoms with Gasteiger partial charge in [0.05, 0.1) is 18.2 Å². The number of carbonyl (C=O) groups is 8. The number of aliphatic hydroxyl groups excluding tert-OH is 2. The summed E-state index contributed by atoms with van der Waals surface area (Å²) in [5.41, 5.74) is 15.6. The summed E-state index contributed by atoms with van der Waals surface area (Å²) in [5.74, 6) is -8.60. The van der Waals surface area contributed by atoms with Gasteiger partial charge in [-0.25, -0.2) is 4.79 Å². The number of benzene rings is 3.